The van der Waals surface area contributed by atoms with Crippen molar-refractivity contribution < 1.29 is 19.1 Å². The van der Waals surface area contributed by atoms with Gasteiger partial charge in [0.1, 0.15) is 11.6 Å². The summed E-state index contributed by atoms with van der Waals surface area (Å²) >= 11 is 6.28. The first kappa shape index (κ1) is 27.0. The monoisotopic (exact) mass is 562 g/mol. The first-order valence-corrected chi connectivity index (χ1v) is 14.5. The number of amides is 3. The Morgan fingerprint density at radius 1 is 1.20 bits per heavy atom. The highest BCUT2D eigenvalue weighted by Gasteiger charge is 2.72. The topological polar surface area (TPSA) is 101 Å². The number of pyridine rings is 1. The number of aryl methyl sites for hydroxylation is 1. The van der Waals surface area contributed by atoms with Crippen molar-refractivity contribution in [1.29, 1.82) is 0 Å². The van der Waals surface area contributed by atoms with Crippen LogP contribution in [0.4, 0.5) is 5.69 Å². The molecule has 40 heavy (non-hydrogen) atoms. The van der Waals surface area contributed by atoms with Crippen LogP contribution in [0.2, 0.25) is 5.02 Å². The molecule has 2 aromatic rings. The van der Waals surface area contributed by atoms with Crippen molar-refractivity contribution in [3.63, 3.8) is 0 Å². The van der Waals surface area contributed by atoms with Crippen LogP contribution in [0.5, 0.6) is 0 Å². The summed E-state index contributed by atoms with van der Waals surface area (Å²) in [5.41, 5.74) is 1.04. The number of anilines is 1. The van der Waals surface area contributed by atoms with Gasteiger partial charge in [0.25, 0.3) is 0 Å². The first-order chi connectivity index (χ1) is 19.2. The van der Waals surface area contributed by atoms with Gasteiger partial charge in [-0.15, -0.1) is 0 Å². The lowest BCUT2D eigenvalue weighted by atomic mass is 9.73. The largest absolute Gasteiger partial charge is 0.359 e. The van der Waals surface area contributed by atoms with Gasteiger partial charge in [-0.1, -0.05) is 62.6 Å². The second-order valence-corrected chi connectivity index (χ2v) is 12.3. The molecular weight excluding hydrogens is 528 g/mol. The van der Waals surface area contributed by atoms with Gasteiger partial charge in [-0.25, -0.2) is 0 Å². The van der Waals surface area contributed by atoms with Crippen LogP contribution in [0.1, 0.15) is 44.2 Å². The van der Waals surface area contributed by atoms with Crippen molar-refractivity contribution in [3.8, 4) is 0 Å². The summed E-state index contributed by atoms with van der Waals surface area (Å²) in [4.78, 5) is 47.8. The minimum absolute atomic E-state index is 0.0232. The zero-order chi connectivity index (χ0) is 28.2. The summed E-state index contributed by atoms with van der Waals surface area (Å²) in [5, 5.41) is 6.76. The number of ether oxygens (including phenoxy) is 1. The molecule has 8 unspecified atom stereocenters. The van der Waals surface area contributed by atoms with Crippen molar-refractivity contribution in [2.75, 3.05) is 5.32 Å². The third-order valence-electron chi connectivity index (χ3n) is 9.47. The summed E-state index contributed by atoms with van der Waals surface area (Å²) in [6, 6.07) is 8.12. The van der Waals surface area contributed by atoms with Crippen LogP contribution in [0.25, 0.3) is 0 Å². The number of fused-ring (bicyclic) bond motifs is 1. The lowest BCUT2D eigenvalue weighted by molar-refractivity contribution is -0.142. The van der Waals surface area contributed by atoms with Gasteiger partial charge >= 0.3 is 0 Å². The van der Waals surface area contributed by atoms with Crippen LogP contribution in [-0.4, -0.2) is 51.4 Å². The minimum Gasteiger partial charge on any atom is -0.359 e. The van der Waals surface area contributed by atoms with E-state index >= 15 is 0 Å². The van der Waals surface area contributed by atoms with Gasteiger partial charge in [-0.05, 0) is 54.5 Å². The molecule has 1 aliphatic carbocycles. The van der Waals surface area contributed by atoms with Gasteiger partial charge in [0.05, 0.1) is 17.9 Å². The highest BCUT2D eigenvalue weighted by molar-refractivity contribution is 6.31. The Morgan fingerprint density at radius 2 is 2.02 bits per heavy atom. The Balaban J connectivity index is 1.32. The maximum atomic E-state index is 14.2. The quantitative estimate of drug-likeness (QED) is 0.512. The highest BCUT2D eigenvalue weighted by atomic mass is 35.5. The number of halogens is 1. The standard InChI is InChI=1S/C31H35ClN4O4/c1-17-6-4-8-23(19(17)3)35-29(38)27-31-12-11-24(40-31)25(28(37)34-21-10-9-18(2)22(32)14-21)26(31)30(39)36(27)16-20-7-5-13-33-15-20/h5,7,9-15,17,19,23-27H,4,6,8,16H2,1-3H3,(H,34,37)(H,35,38). The number of carbonyl (C=O) groups is 3. The summed E-state index contributed by atoms with van der Waals surface area (Å²) < 4.78 is 6.47. The molecule has 8 atom stereocenters. The van der Waals surface area contributed by atoms with E-state index in [9.17, 15) is 14.4 Å². The van der Waals surface area contributed by atoms with Crippen LogP contribution in [-0.2, 0) is 25.7 Å². The van der Waals surface area contributed by atoms with Crippen LogP contribution >= 0.6 is 11.6 Å². The van der Waals surface area contributed by atoms with Crippen LogP contribution < -0.4 is 10.6 Å². The number of aromatic nitrogens is 1. The SMILES string of the molecule is Cc1ccc(NC(=O)C2C3C=CC4(O3)C2C(=O)N(Cc2cccnc2)C4C(=O)NC2CCCC(C)C2C)cc1Cl. The molecule has 9 heteroatoms. The second-order valence-electron chi connectivity index (χ2n) is 11.9. The maximum absolute atomic E-state index is 14.2. The Kier molecular flexibility index (Phi) is 6.95. The van der Waals surface area contributed by atoms with Gasteiger partial charge in [-0.3, -0.25) is 19.4 Å². The van der Waals surface area contributed by atoms with Crippen molar-refractivity contribution in [2.24, 2.45) is 23.7 Å². The molecule has 2 bridgehead atoms. The Bertz CT molecular complexity index is 1370. The number of nitrogens with one attached hydrogen (secondary N) is 2. The third kappa shape index (κ3) is 4.41. The average Bonchev–Trinajstić information content (AvgIpc) is 3.57. The number of benzene rings is 1. The molecule has 0 radical (unpaired) electrons. The zero-order valence-electron chi connectivity index (χ0n) is 23.0. The number of likely N-dealkylation sites (tertiary alicyclic amines) is 1. The molecule has 4 aliphatic rings. The Labute approximate surface area is 239 Å². The predicted molar refractivity (Wildman–Crippen MR) is 151 cm³/mol. The van der Waals surface area contributed by atoms with Gasteiger partial charge in [0.2, 0.25) is 17.7 Å². The van der Waals surface area contributed by atoms with Crippen molar-refractivity contribution in [3.05, 3.63) is 71.0 Å². The van der Waals surface area contributed by atoms with Crippen LogP contribution in [0.3, 0.4) is 0 Å². The van der Waals surface area contributed by atoms with Crippen LogP contribution in [0, 0.1) is 30.6 Å². The summed E-state index contributed by atoms with van der Waals surface area (Å²) in [5.74, 6) is -1.59. The second kappa shape index (κ2) is 10.3. The fourth-order valence-corrected chi connectivity index (χ4v) is 7.25. The predicted octanol–water partition coefficient (Wildman–Crippen LogP) is 4.27. The molecule has 1 aromatic heterocycles. The molecule has 3 aliphatic heterocycles. The van der Waals surface area contributed by atoms with Crippen molar-refractivity contribution in [2.45, 2.75) is 70.4 Å². The van der Waals surface area contributed by atoms with Gasteiger partial charge < -0.3 is 20.3 Å². The Hall–Kier alpha value is -3.23. The lowest BCUT2D eigenvalue weighted by Gasteiger charge is -2.38. The number of rotatable bonds is 6. The fourth-order valence-electron chi connectivity index (χ4n) is 7.07. The summed E-state index contributed by atoms with van der Waals surface area (Å²) in [7, 11) is 0. The van der Waals surface area contributed by atoms with E-state index in [2.05, 4.69) is 29.5 Å². The van der Waals surface area contributed by atoms with Crippen molar-refractivity contribution >= 4 is 35.0 Å². The normalized spacial score (nSPS) is 34.1. The van der Waals surface area contributed by atoms with Gasteiger partial charge in [0.15, 0.2) is 0 Å². The lowest BCUT2D eigenvalue weighted by Crippen LogP contribution is -2.57. The number of hydrogen-bond donors (Lipinski definition) is 2. The highest BCUT2D eigenvalue weighted by Crippen LogP contribution is 2.55. The molecule has 6 rings (SSSR count). The molecular formula is C31H35ClN4O4. The molecule has 3 fully saturated rings. The van der Waals surface area contributed by atoms with E-state index in [4.69, 9.17) is 16.3 Å². The molecule has 8 nitrogen and oxygen atoms in total. The van der Waals surface area contributed by atoms with E-state index in [1.54, 1.807) is 35.5 Å². The maximum Gasteiger partial charge on any atom is 0.246 e. The zero-order valence-corrected chi connectivity index (χ0v) is 23.7. The first-order valence-electron chi connectivity index (χ1n) is 14.1. The minimum atomic E-state index is -1.22. The van der Waals surface area contributed by atoms with E-state index in [0.717, 1.165) is 30.4 Å². The fraction of sp³-hybridized carbons (Fsp3) is 0.484. The molecule has 2 saturated heterocycles. The van der Waals surface area contributed by atoms with Gasteiger partial charge in [0, 0.05) is 35.7 Å². The molecule has 4 heterocycles. The smallest absolute Gasteiger partial charge is 0.246 e. The van der Waals surface area contributed by atoms with E-state index in [-0.39, 0.29) is 30.3 Å². The molecule has 3 amide bonds. The van der Waals surface area contributed by atoms with Crippen molar-refractivity contribution in [1.82, 2.24) is 15.2 Å². The molecule has 210 valence electrons. The van der Waals surface area contributed by atoms with E-state index in [1.807, 2.05) is 31.2 Å². The number of carbonyl (C=O) groups excluding carboxylic acids is 3. The van der Waals surface area contributed by atoms with Crippen LogP contribution in [0.15, 0.2) is 54.9 Å². The average molecular weight is 563 g/mol. The Morgan fingerprint density at radius 3 is 2.77 bits per heavy atom. The number of nitrogens with zero attached hydrogens (tertiary/aromatic N) is 2. The molecule has 2 N–H and O–H groups in total. The third-order valence-corrected chi connectivity index (χ3v) is 9.88. The van der Waals surface area contributed by atoms with E-state index < -0.39 is 29.6 Å². The molecule has 1 aromatic carbocycles. The summed E-state index contributed by atoms with van der Waals surface area (Å²) in [6.45, 7) is 6.49. The molecule has 1 spiro atoms. The van der Waals surface area contributed by atoms with Gasteiger partial charge in [-0.2, -0.15) is 0 Å². The molecule has 1 saturated carbocycles. The summed E-state index contributed by atoms with van der Waals surface area (Å²) in [6.07, 6.45) is 9.53. The van der Waals surface area contributed by atoms with E-state index in [1.165, 1.54) is 0 Å². The van der Waals surface area contributed by atoms with E-state index in [0.29, 0.717) is 22.5 Å². The number of hydrogen-bond acceptors (Lipinski definition) is 5.